The lowest BCUT2D eigenvalue weighted by Crippen LogP contribution is -2.73. The first-order valence-corrected chi connectivity index (χ1v) is 11.1. The van der Waals surface area contributed by atoms with E-state index in [1.165, 1.54) is 13.0 Å². The summed E-state index contributed by atoms with van der Waals surface area (Å²) in [5.41, 5.74) is 3.29. The lowest BCUT2D eigenvalue weighted by atomic mass is 9.50. The number of aromatic hydroxyl groups is 1. The lowest BCUT2D eigenvalue weighted by Gasteiger charge is -2.53. The Morgan fingerprint density at radius 1 is 1.18 bits per heavy atom. The minimum Gasteiger partial charge on any atom is -0.507 e. The van der Waals surface area contributed by atoms with Crippen molar-refractivity contribution in [3.63, 3.8) is 0 Å². The second-order valence-corrected chi connectivity index (χ2v) is 9.31. The number of carbonyl (C=O) groups is 6. The van der Waals surface area contributed by atoms with Gasteiger partial charge in [-0.2, -0.15) is 0 Å². The van der Waals surface area contributed by atoms with Gasteiger partial charge >= 0.3 is 5.97 Å². The molecule has 1 aromatic rings. The summed E-state index contributed by atoms with van der Waals surface area (Å²) in [6.07, 6.45) is -2.03. The number of phenolic OH excluding ortho intramolecular Hbond substituents is 1. The van der Waals surface area contributed by atoms with Gasteiger partial charge in [-0.25, -0.2) is 0 Å². The number of benzene rings is 1. The highest BCUT2D eigenvalue weighted by Gasteiger charge is 2.71. The number of esters is 1. The lowest BCUT2D eigenvalue weighted by molar-refractivity contribution is -0.198. The number of nitrogens with two attached hydrogens (primary N) is 1. The van der Waals surface area contributed by atoms with Gasteiger partial charge in [-0.3, -0.25) is 28.8 Å². The van der Waals surface area contributed by atoms with Gasteiger partial charge in [0.2, 0.25) is 5.91 Å². The van der Waals surface area contributed by atoms with E-state index in [0.29, 0.717) is 11.1 Å². The van der Waals surface area contributed by atoms with Crippen molar-refractivity contribution in [3.8, 4) is 5.75 Å². The number of ketones is 4. The number of phenols is 1. The molecule has 3 aliphatic rings. The Bertz CT molecular complexity index is 1170. The van der Waals surface area contributed by atoms with Crippen LogP contribution < -0.4 is 5.73 Å². The van der Waals surface area contributed by atoms with Crippen LogP contribution >= 0.6 is 0 Å². The average molecular weight is 471 g/mol. The third kappa shape index (κ3) is 2.97. The minimum absolute atomic E-state index is 0.0719. The second-order valence-electron chi connectivity index (χ2n) is 9.31. The maximum atomic E-state index is 13.7. The molecule has 2 saturated carbocycles. The normalized spacial score (nSPS) is 34.7. The third-order valence-corrected chi connectivity index (χ3v) is 7.58. The Kier molecular flexibility index (Phi) is 5.47. The van der Waals surface area contributed by atoms with Crippen LogP contribution in [0.1, 0.15) is 54.1 Å². The summed E-state index contributed by atoms with van der Waals surface area (Å²) in [5, 5.41) is 21.9. The van der Waals surface area contributed by atoms with E-state index in [1.54, 1.807) is 19.9 Å². The van der Waals surface area contributed by atoms with Crippen molar-refractivity contribution in [2.45, 2.75) is 51.2 Å². The number of hydrogen-bond donors (Lipinski definition) is 3. The Morgan fingerprint density at radius 3 is 2.41 bits per heavy atom. The Hall–Kier alpha value is -3.40. The summed E-state index contributed by atoms with van der Waals surface area (Å²) >= 11 is 0. The number of aryl methyl sites for hydroxylation is 1. The van der Waals surface area contributed by atoms with E-state index in [2.05, 4.69) is 0 Å². The first-order chi connectivity index (χ1) is 15.9. The minimum atomic E-state index is -2.93. The fraction of sp³-hybridized carbons (Fsp3) is 0.500. The largest absolute Gasteiger partial charge is 0.507 e. The third-order valence-electron chi connectivity index (χ3n) is 7.58. The molecule has 1 aromatic carbocycles. The van der Waals surface area contributed by atoms with Gasteiger partial charge < -0.3 is 20.7 Å². The summed E-state index contributed by atoms with van der Waals surface area (Å²) in [5.74, 6) is -13.5. The molecular formula is C24H25NO9. The number of fused-ring (bicyclic) bond motifs is 3. The topological polar surface area (TPSA) is 178 Å². The van der Waals surface area contributed by atoms with Crippen molar-refractivity contribution in [2.75, 3.05) is 0 Å². The molecular weight excluding hydrogens is 446 g/mol. The first-order valence-electron chi connectivity index (χ1n) is 11.1. The van der Waals surface area contributed by atoms with Gasteiger partial charge in [0.15, 0.2) is 34.7 Å². The maximum Gasteiger partial charge on any atom is 0.305 e. The standard InChI is InChI=1S/C24H25NO9/c1-4-13(28)34-20-10-7-12(27)17(23(25)32)21(30)24(10,33)22(31)18-15(20)9(3)14-8(2)5-6-11(26)16(14)19(18)29/h5-6,9-10,15,17-18,20,26,33H,4,7H2,1-3H3,(H2,25,32)/t9-,10+,15+,17?,18?,20+,24+/m0/s1. The number of aliphatic hydroxyl groups is 1. The zero-order valence-electron chi connectivity index (χ0n) is 18.9. The molecule has 0 radical (unpaired) electrons. The molecule has 10 nitrogen and oxygen atoms in total. The van der Waals surface area contributed by atoms with Crippen molar-refractivity contribution in [1.29, 1.82) is 0 Å². The molecule has 0 aliphatic heterocycles. The van der Waals surface area contributed by atoms with Crippen LogP contribution in [0.4, 0.5) is 0 Å². The van der Waals surface area contributed by atoms with E-state index in [9.17, 15) is 39.0 Å². The molecule has 7 atom stereocenters. The molecule has 1 amide bonds. The molecule has 34 heavy (non-hydrogen) atoms. The SMILES string of the molecule is CCC(=O)O[C@H]1[C@H]2C(C(=O)c3c(O)ccc(C)c3[C@@H]2C)C(=O)[C@]2(O)C(=O)C(C(N)=O)C(=O)C[C@H]12. The first kappa shape index (κ1) is 23.7. The quantitative estimate of drug-likeness (QED) is 0.408. The van der Waals surface area contributed by atoms with Gasteiger partial charge in [0.1, 0.15) is 11.9 Å². The zero-order valence-corrected chi connectivity index (χ0v) is 18.9. The highest BCUT2D eigenvalue weighted by atomic mass is 16.5. The van der Waals surface area contributed by atoms with E-state index in [0.717, 1.165) is 0 Å². The summed E-state index contributed by atoms with van der Waals surface area (Å²) in [4.78, 5) is 77.3. The van der Waals surface area contributed by atoms with Crippen LogP contribution in [0.3, 0.4) is 0 Å². The molecule has 10 heteroatoms. The zero-order chi connectivity index (χ0) is 25.3. The van der Waals surface area contributed by atoms with Crippen LogP contribution in [0.2, 0.25) is 0 Å². The number of ether oxygens (including phenoxy) is 1. The molecule has 0 bridgehead atoms. The van der Waals surface area contributed by atoms with E-state index in [4.69, 9.17) is 10.5 Å². The number of Topliss-reactive ketones (excluding diaryl/α,β-unsaturated/α-hetero) is 4. The highest BCUT2D eigenvalue weighted by Crippen LogP contribution is 2.55. The molecule has 180 valence electrons. The molecule has 0 saturated heterocycles. The van der Waals surface area contributed by atoms with Crippen LogP contribution in [0.5, 0.6) is 5.75 Å². The van der Waals surface area contributed by atoms with Gasteiger partial charge in [0.05, 0.1) is 11.5 Å². The predicted octanol–water partition coefficient (Wildman–Crippen LogP) is 0.128. The second kappa shape index (κ2) is 7.83. The molecule has 4 rings (SSSR count). The summed E-state index contributed by atoms with van der Waals surface area (Å²) in [7, 11) is 0. The molecule has 2 unspecified atom stereocenters. The summed E-state index contributed by atoms with van der Waals surface area (Å²) in [6, 6.07) is 2.92. The fourth-order valence-electron chi connectivity index (χ4n) is 6.02. The number of rotatable bonds is 3. The molecule has 4 N–H and O–H groups in total. The average Bonchev–Trinajstić information content (AvgIpc) is 2.77. The van der Waals surface area contributed by atoms with Gasteiger partial charge in [-0.1, -0.05) is 19.9 Å². The number of hydrogen-bond acceptors (Lipinski definition) is 9. The highest BCUT2D eigenvalue weighted by molar-refractivity contribution is 6.31. The maximum absolute atomic E-state index is 13.7. The molecule has 0 spiro atoms. The summed E-state index contributed by atoms with van der Waals surface area (Å²) < 4.78 is 5.60. The fourth-order valence-corrected chi connectivity index (χ4v) is 6.02. The molecule has 2 fully saturated rings. The van der Waals surface area contributed by atoms with Crippen molar-refractivity contribution in [2.24, 2.45) is 29.4 Å². The van der Waals surface area contributed by atoms with Crippen molar-refractivity contribution in [3.05, 3.63) is 28.8 Å². The monoisotopic (exact) mass is 471 g/mol. The predicted molar refractivity (Wildman–Crippen MR) is 114 cm³/mol. The summed E-state index contributed by atoms with van der Waals surface area (Å²) in [6.45, 7) is 4.94. The number of amides is 1. The van der Waals surface area contributed by atoms with Crippen LogP contribution in [-0.2, 0) is 28.7 Å². The Labute approximate surface area is 194 Å². The number of carbonyl (C=O) groups excluding carboxylic acids is 6. The number of primary amides is 1. The Morgan fingerprint density at radius 2 is 1.82 bits per heavy atom. The van der Waals surface area contributed by atoms with Gasteiger partial charge in [-0.15, -0.1) is 0 Å². The van der Waals surface area contributed by atoms with Crippen LogP contribution in [0.15, 0.2) is 12.1 Å². The van der Waals surface area contributed by atoms with E-state index >= 15 is 0 Å². The van der Waals surface area contributed by atoms with Crippen LogP contribution in [0, 0.1) is 30.6 Å². The van der Waals surface area contributed by atoms with Gasteiger partial charge in [0, 0.05) is 24.7 Å². The molecule has 3 aliphatic carbocycles. The van der Waals surface area contributed by atoms with Crippen LogP contribution in [0.25, 0.3) is 0 Å². The molecule has 0 aromatic heterocycles. The Balaban J connectivity index is 1.97. The van der Waals surface area contributed by atoms with E-state index in [1.807, 2.05) is 0 Å². The van der Waals surface area contributed by atoms with Gasteiger partial charge in [-0.05, 0) is 30.0 Å². The van der Waals surface area contributed by atoms with Gasteiger partial charge in [0.25, 0.3) is 0 Å². The van der Waals surface area contributed by atoms with E-state index < -0.39 is 82.7 Å². The van der Waals surface area contributed by atoms with Crippen molar-refractivity contribution in [1.82, 2.24) is 0 Å². The smallest absolute Gasteiger partial charge is 0.305 e. The molecule has 0 heterocycles. The van der Waals surface area contributed by atoms with Crippen molar-refractivity contribution >= 4 is 35.0 Å². The van der Waals surface area contributed by atoms with Crippen molar-refractivity contribution < 1.29 is 43.7 Å². The van der Waals surface area contributed by atoms with Crippen LogP contribution in [-0.4, -0.2) is 56.9 Å². The van der Waals surface area contributed by atoms with E-state index in [-0.39, 0.29) is 17.7 Å².